The monoisotopic (exact) mass is 344 g/mol. The topological polar surface area (TPSA) is 49.4 Å². The largest absolute Gasteiger partial charge is 0.307 e. The van der Waals surface area contributed by atoms with Crippen molar-refractivity contribution >= 4 is 21.6 Å². The second-order valence-corrected chi connectivity index (χ2v) is 8.55. The maximum absolute atomic E-state index is 11.7. The molecule has 1 heterocycles. The first-order valence-electron chi connectivity index (χ1n) is 7.78. The van der Waals surface area contributed by atoms with Gasteiger partial charge in [0.25, 0.3) is 0 Å². The summed E-state index contributed by atoms with van der Waals surface area (Å²) in [7, 11) is -3.09. The molecule has 0 saturated carbocycles. The molecule has 1 N–H and O–H groups in total. The van der Waals surface area contributed by atoms with Crippen molar-refractivity contribution < 1.29 is 8.42 Å². The molecule has 124 valence electrons. The second kappa shape index (κ2) is 7.30. The number of nitrogens with one attached hydrogen (secondary N) is 1. The molecule has 4 nitrogen and oxygen atoms in total. The quantitative estimate of drug-likeness (QED) is 0.893. The third kappa shape index (κ3) is 4.44. The minimum absolute atomic E-state index is 0.197. The molecule has 1 saturated heterocycles. The molecule has 3 atom stereocenters. The number of halogens is 1. The highest BCUT2D eigenvalue weighted by molar-refractivity contribution is 7.88. The van der Waals surface area contributed by atoms with Crippen molar-refractivity contribution in [2.45, 2.75) is 38.8 Å². The minimum Gasteiger partial charge on any atom is -0.307 e. The predicted octanol–water partition coefficient (Wildman–Crippen LogP) is 3.05. The summed E-state index contributed by atoms with van der Waals surface area (Å²) < 4.78 is 25.1. The Morgan fingerprint density at radius 2 is 2.18 bits per heavy atom. The predicted molar refractivity (Wildman–Crippen MR) is 91.6 cm³/mol. The van der Waals surface area contributed by atoms with Crippen LogP contribution in [0.4, 0.5) is 0 Å². The van der Waals surface area contributed by atoms with Crippen molar-refractivity contribution in [2.24, 2.45) is 5.92 Å². The lowest BCUT2D eigenvalue weighted by molar-refractivity contribution is 0.193. The van der Waals surface area contributed by atoms with Crippen molar-refractivity contribution in [3.63, 3.8) is 0 Å². The number of benzene rings is 1. The third-order valence-corrected chi connectivity index (χ3v) is 6.01. The summed E-state index contributed by atoms with van der Waals surface area (Å²) in [6.45, 7) is 5.45. The number of hydrogen-bond donors (Lipinski definition) is 1. The molecule has 0 amide bonds. The first-order valence-corrected chi connectivity index (χ1v) is 10.0. The zero-order valence-electron chi connectivity index (χ0n) is 13.4. The first-order chi connectivity index (χ1) is 10.3. The standard InChI is InChI=1S/C16H25ClN2O2S/c1-4-13-11-19(22(3,20)21)9-8-16(13)18-12(2)14-6-5-7-15(17)10-14/h5-7,10,12-13,16,18H,4,8-9,11H2,1-3H3/t12-,13+,16+/m0/s1. The van der Waals surface area contributed by atoms with Crippen LogP contribution in [-0.4, -0.2) is 38.1 Å². The van der Waals surface area contributed by atoms with Crippen molar-refractivity contribution in [1.29, 1.82) is 0 Å². The molecule has 0 unspecified atom stereocenters. The molecule has 1 fully saturated rings. The Balaban J connectivity index is 2.03. The number of nitrogens with zero attached hydrogens (tertiary/aromatic N) is 1. The van der Waals surface area contributed by atoms with Gasteiger partial charge in [0.1, 0.15) is 0 Å². The van der Waals surface area contributed by atoms with Gasteiger partial charge in [0, 0.05) is 30.2 Å². The highest BCUT2D eigenvalue weighted by atomic mass is 35.5. The average molecular weight is 345 g/mol. The molecule has 22 heavy (non-hydrogen) atoms. The summed E-state index contributed by atoms with van der Waals surface area (Å²) >= 11 is 6.06. The summed E-state index contributed by atoms with van der Waals surface area (Å²) in [6.07, 6.45) is 3.10. The van der Waals surface area contributed by atoms with Gasteiger partial charge in [-0.1, -0.05) is 37.1 Å². The Labute approximate surface area is 138 Å². The molecule has 0 aromatic heterocycles. The van der Waals surface area contributed by atoms with Gasteiger partial charge in [0.15, 0.2) is 0 Å². The van der Waals surface area contributed by atoms with Gasteiger partial charge in [-0.2, -0.15) is 0 Å². The molecule has 0 bridgehead atoms. The molecule has 1 aliphatic heterocycles. The van der Waals surface area contributed by atoms with Crippen LogP contribution in [0, 0.1) is 5.92 Å². The second-order valence-electron chi connectivity index (χ2n) is 6.13. The molecule has 1 aromatic carbocycles. The summed E-state index contributed by atoms with van der Waals surface area (Å²) in [6, 6.07) is 8.40. The van der Waals surface area contributed by atoms with Gasteiger partial charge in [-0.05, 0) is 37.0 Å². The van der Waals surface area contributed by atoms with Gasteiger partial charge in [-0.15, -0.1) is 0 Å². The van der Waals surface area contributed by atoms with Crippen LogP contribution in [0.3, 0.4) is 0 Å². The van der Waals surface area contributed by atoms with Crippen molar-refractivity contribution in [3.05, 3.63) is 34.9 Å². The third-order valence-electron chi connectivity index (χ3n) is 4.50. The first kappa shape index (κ1) is 17.7. The van der Waals surface area contributed by atoms with E-state index in [4.69, 9.17) is 11.6 Å². The van der Waals surface area contributed by atoms with Gasteiger partial charge in [0.05, 0.1) is 6.26 Å². The van der Waals surface area contributed by atoms with E-state index in [0.29, 0.717) is 25.0 Å². The lowest BCUT2D eigenvalue weighted by Gasteiger charge is -2.38. The van der Waals surface area contributed by atoms with E-state index in [1.807, 2.05) is 18.2 Å². The van der Waals surface area contributed by atoms with Gasteiger partial charge in [0.2, 0.25) is 10.0 Å². The van der Waals surface area contributed by atoms with Crippen LogP contribution in [0.1, 0.15) is 38.3 Å². The maximum atomic E-state index is 11.7. The fraction of sp³-hybridized carbons (Fsp3) is 0.625. The fourth-order valence-electron chi connectivity index (χ4n) is 3.13. The molecule has 0 radical (unpaired) electrons. The van der Waals surface area contributed by atoms with Gasteiger partial charge >= 0.3 is 0 Å². The van der Waals surface area contributed by atoms with E-state index in [9.17, 15) is 8.42 Å². The average Bonchev–Trinajstić information content (AvgIpc) is 2.46. The molecule has 2 rings (SSSR count). The van der Waals surface area contributed by atoms with Crippen molar-refractivity contribution in [3.8, 4) is 0 Å². The van der Waals surface area contributed by atoms with E-state index in [-0.39, 0.29) is 6.04 Å². The molecule has 6 heteroatoms. The Kier molecular flexibility index (Phi) is 5.88. The van der Waals surface area contributed by atoms with Gasteiger partial charge in [-0.3, -0.25) is 0 Å². The fourth-order valence-corrected chi connectivity index (χ4v) is 4.22. The van der Waals surface area contributed by atoms with E-state index < -0.39 is 10.0 Å². The van der Waals surface area contributed by atoms with Crippen molar-refractivity contribution in [1.82, 2.24) is 9.62 Å². The normalized spacial score (nSPS) is 25.1. The number of rotatable bonds is 5. The van der Waals surface area contributed by atoms with Crippen LogP contribution >= 0.6 is 11.6 Å². The van der Waals surface area contributed by atoms with Crippen LogP contribution in [0.25, 0.3) is 0 Å². The molecule has 0 aliphatic carbocycles. The lowest BCUT2D eigenvalue weighted by Crippen LogP contribution is -2.51. The van der Waals surface area contributed by atoms with Crippen molar-refractivity contribution in [2.75, 3.05) is 19.3 Å². The summed E-state index contributed by atoms with van der Waals surface area (Å²) in [5.74, 6) is 0.338. The SMILES string of the molecule is CC[C@@H]1CN(S(C)(=O)=O)CC[C@H]1N[C@@H](C)c1cccc(Cl)c1. The van der Waals surface area contributed by atoms with E-state index in [1.54, 1.807) is 4.31 Å². The van der Waals surface area contributed by atoms with Crippen LogP contribution < -0.4 is 5.32 Å². The zero-order valence-corrected chi connectivity index (χ0v) is 15.0. The molecule has 1 aromatic rings. The van der Waals surface area contributed by atoms with Crippen LogP contribution in [0.15, 0.2) is 24.3 Å². The molecule has 1 aliphatic rings. The molecule has 0 spiro atoms. The van der Waals surface area contributed by atoms with E-state index in [2.05, 4.69) is 25.2 Å². The van der Waals surface area contributed by atoms with Gasteiger partial charge in [-0.25, -0.2) is 12.7 Å². The lowest BCUT2D eigenvalue weighted by atomic mass is 9.90. The Hall–Kier alpha value is -0.620. The maximum Gasteiger partial charge on any atom is 0.211 e. The molecular formula is C16H25ClN2O2S. The Bertz CT molecular complexity index is 606. The summed E-state index contributed by atoms with van der Waals surface area (Å²) in [5.41, 5.74) is 1.16. The number of sulfonamides is 1. The Morgan fingerprint density at radius 3 is 2.77 bits per heavy atom. The highest BCUT2D eigenvalue weighted by Gasteiger charge is 2.32. The van der Waals surface area contributed by atoms with Gasteiger partial charge < -0.3 is 5.32 Å². The Morgan fingerprint density at radius 1 is 1.45 bits per heavy atom. The summed E-state index contributed by atoms with van der Waals surface area (Å²) in [4.78, 5) is 0. The smallest absolute Gasteiger partial charge is 0.211 e. The van der Waals surface area contributed by atoms with E-state index in [0.717, 1.165) is 23.4 Å². The van der Waals surface area contributed by atoms with E-state index in [1.165, 1.54) is 6.26 Å². The van der Waals surface area contributed by atoms with Crippen LogP contribution in [0.5, 0.6) is 0 Å². The minimum atomic E-state index is -3.09. The number of piperidine rings is 1. The zero-order chi connectivity index (χ0) is 16.3. The van der Waals surface area contributed by atoms with Crippen LogP contribution in [-0.2, 0) is 10.0 Å². The number of hydrogen-bond acceptors (Lipinski definition) is 3. The van der Waals surface area contributed by atoms with E-state index >= 15 is 0 Å². The highest BCUT2D eigenvalue weighted by Crippen LogP contribution is 2.25. The van der Waals surface area contributed by atoms with Crippen LogP contribution in [0.2, 0.25) is 5.02 Å². The molecular weight excluding hydrogens is 320 g/mol. The summed E-state index contributed by atoms with van der Waals surface area (Å²) in [5, 5.41) is 4.40.